The zero-order chi connectivity index (χ0) is 17.8. The van der Waals surface area contributed by atoms with Crippen molar-refractivity contribution >= 4 is 11.4 Å². The minimum absolute atomic E-state index is 0.357. The number of nitrogens with two attached hydrogens (primary N) is 1. The molecule has 1 aromatic carbocycles. The molecule has 5 unspecified atom stereocenters. The molecule has 2 nitrogen and oxygen atoms in total. The third kappa shape index (κ3) is 2.47. The zero-order valence-corrected chi connectivity index (χ0v) is 16.4. The first-order chi connectivity index (χ1) is 12.0. The lowest BCUT2D eigenvalue weighted by molar-refractivity contribution is 0.0570. The van der Waals surface area contributed by atoms with Gasteiger partial charge in [0.05, 0.1) is 0 Å². The lowest BCUT2D eigenvalue weighted by atomic mass is 9.54. The first-order valence-electron chi connectivity index (χ1n) is 10.3. The van der Waals surface area contributed by atoms with E-state index in [9.17, 15) is 0 Å². The number of nitrogen functional groups attached to an aromatic ring is 1. The summed E-state index contributed by atoms with van der Waals surface area (Å²) < 4.78 is 0. The Morgan fingerprint density at radius 1 is 1.28 bits per heavy atom. The summed E-state index contributed by atoms with van der Waals surface area (Å²) in [4.78, 5) is 4.78. The van der Waals surface area contributed by atoms with Crippen molar-refractivity contribution in [2.24, 2.45) is 28.2 Å². The van der Waals surface area contributed by atoms with Crippen LogP contribution in [0.15, 0.2) is 17.1 Å². The van der Waals surface area contributed by atoms with Gasteiger partial charge in [-0.15, -0.1) is 0 Å². The maximum Gasteiger partial charge on any atom is 0.0346 e. The second kappa shape index (κ2) is 6.14. The number of anilines is 1. The van der Waals surface area contributed by atoms with Gasteiger partial charge in [0.2, 0.25) is 0 Å². The van der Waals surface area contributed by atoms with E-state index >= 15 is 0 Å². The Labute approximate surface area is 153 Å². The Morgan fingerprint density at radius 2 is 2.08 bits per heavy atom. The van der Waals surface area contributed by atoms with Crippen molar-refractivity contribution in [2.75, 3.05) is 12.8 Å². The molecule has 0 aliphatic heterocycles. The molecule has 136 valence electrons. The third-order valence-corrected chi connectivity index (χ3v) is 7.91. The molecule has 2 fully saturated rings. The Balaban J connectivity index is 1.75. The molecule has 4 rings (SSSR count). The predicted molar refractivity (Wildman–Crippen MR) is 107 cm³/mol. The topological polar surface area (TPSA) is 38.4 Å². The fourth-order valence-electron chi connectivity index (χ4n) is 6.82. The molecule has 5 atom stereocenters. The van der Waals surface area contributed by atoms with Crippen molar-refractivity contribution in [3.63, 3.8) is 0 Å². The first-order valence-corrected chi connectivity index (χ1v) is 10.3. The monoisotopic (exact) mass is 338 g/mol. The van der Waals surface area contributed by atoms with Crippen molar-refractivity contribution in [3.8, 4) is 0 Å². The Bertz CT molecular complexity index is 704. The van der Waals surface area contributed by atoms with Crippen LogP contribution in [0.5, 0.6) is 0 Å². The van der Waals surface area contributed by atoms with E-state index in [1.165, 1.54) is 61.8 Å². The molecular formula is C23H34N2. The van der Waals surface area contributed by atoms with E-state index in [0.29, 0.717) is 5.41 Å². The number of hydrogen-bond donors (Lipinski definition) is 1. The number of rotatable bonds is 2. The third-order valence-electron chi connectivity index (χ3n) is 7.91. The van der Waals surface area contributed by atoms with E-state index in [2.05, 4.69) is 32.9 Å². The van der Waals surface area contributed by atoms with Crippen LogP contribution in [0.25, 0.3) is 0 Å². The van der Waals surface area contributed by atoms with Gasteiger partial charge in [-0.1, -0.05) is 32.8 Å². The van der Waals surface area contributed by atoms with Crippen LogP contribution >= 0.6 is 0 Å². The van der Waals surface area contributed by atoms with Gasteiger partial charge in [-0.3, -0.25) is 4.99 Å². The molecule has 3 aliphatic rings. The van der Waals surface area contributed by atoms with Crippen LogP contribution in [0.3, 0.4) is 0 Å². The minimum Gasteiger partial charge on any atom is -0.399 e. The highest BCUT2D eigenvalue weighted by Crippen LogP contribution is 2.62. The SMILES string of the molecule is CCCC1C/C(=N\C)C2(C)CCC3c4cc(C)c(N)cc4CCC3C12. The molecule has 25 heavy (non-hydrogen) atoms. The molecule has 0 aromatic heterocycles. The fraction of sp³-hybridized carbons (Fsp3) is 0.696. The molecule has 0 heterocycles. The number of fused-ring (bicyclic) bond motifs is 5. The smallest absolute Gasteiger partial charge is 0.0346 e. The highest BCUT2D eigenvalue weighted by atomic mass is 14.8. The second-order valence-electron chi connectivity index (χ2n) is 9.12. The Hall–Kier alpha value is -1.31. The number of benzene rings is 1. The quantitative estimate of drug-likeness (QED) is 0.707. The average molecular weight is 339 g/mol. The van der Waals surface area contributed by atoms with Gasteiger partial charge in [-0.25, -0.2) is 0 Å². The average Bonchev–Trinajstić information content (AvgIpc) is 2.88. The molecule has 1 aromatic rings. The van der Waals surface area contributed by atoms with E-state index in [4.69, 9.17) is 10.7 Å². The second-order valence-corrected chi connectivity index (χ2v) is 9.12. The lowest BCUT2D eigenvalue weighted by Crippen LogP contribution is -2.44. The fourth-order valence-corrected chi connectivity index (χ4v) is 6.82. The van der Waals surface area contributed by atoms with E-state index in [0.717, 1.165) is 29.4 Å². The zero-order valence-electron chi connectivity index (χ0n) is 16.4. The molecule has 3 aliphatic carbocycles. The van der Waals surface area contributed by atoms with E-state index < -0.39 is 0 Å². The number of aryl methyl sites for hydroxylation is 2. The summed E-state index contributed by atoms with van der Waals surface area (Å²) in [6.45, 7) is 7.06. The highest BCUT2D eigenvalue weighted by molar-refractivity contribution is 5.92. The van der Waals surface area contributed by atoms with Crippen molar-refractivity contribution < 1.29 is 0 Å². The van der Waals surface area contributed by atoms with Crippen molar-refractivity contribution in [2.45, 2.75) is 71.6 Å². The lowest BCUT2D eigenvalue weighted by Gasteiger charge is -2.50. The van der Waals surface area contributed by atoms with Crippen LogP contribution in [0, 0.1) is 30.1 Å². The number of hydrogen-bond acceptors (Lipinski definition) is 2. The van der Waals surface area contributed by atoms with Crippen LogP contribution < -0.4 is 5.73 Å². The normalized spacial score (nSPS) is 38.3. The summed E-state index contributed by atoms with van der Waals surface area (Å²) in [6.07, 6.45) is 9.12. The van der Waals surface area contributed by atoms with Crippen LogP contribution in [0.4, 0.5) is 5.69 Å². The van der Waals surface area contributed by atoms with Crippen molar-refractivity contribution in [3.05, 3.63) is 28.8 Å². The van der Waals surface area contributed by atoms with Gasteiger partial charge in [-0.05, 0) is 85.5 Å². The maximum absolute atomic E-state index is 6.20. The molecule has 2 N–H and O–H groups in total. The predicted octanol–water partition coefficient (Wildman–Crippen LogP) is 5.53. The summed E-state index contributed by atoms with van der Waals surface area (Å²) in [5.74, 6) is 3.26. The molecular weight excluding hydrogens is 304 g/mol. The largest absolute Gasteiger partial charge is 0.399 e. The molecule has 0 radical (unpaired) electrons. The molecule has 0 saturated heterocycles. The van der Waals surface area contributed by atoms with Crippen LogP contribution in [0.1, 0.15) is 75.0 Å². The summed E-state index contributed by atoms with van der Waals surface area (Å²) >= 11 is 0. The molecule has 0 bridgehead atoms. The van der Waals surface area contributed by atoms with Gasteiger partial charge in [0.1, 0.15) is 0 Å². The van der Waals surface area contributed by atoms with Gasteiger partial charge < -0.3 is 5.73 Å². The van der Waals surface area contributed by atoms with Gasteiger partial charge in [0.15, 0.2) is 0 Å². The summed E-state index contributed by atoms with van der Waals surface area (Å²) in [6, 6.07) is 4.69. The maximum atomic E-state index is 6.20. The Morgan fingerprint density at radius 3 is 2.80 bits per heavy atom. The van der Waals surface area contributed by atoms with E-state index in [1.54, 1.807) is 5.56 Å². The molecule has 0 amide bonds. The van der Waals surface area contributed by atoms with Gasteiger partial charge in [-0.2, -0.15) is 0 Å². The molecule has 0 spiro atoms. The standard InChI is InChI=1S/C23H34N2/c1-5-6-16-13-21(25-4)23(3)10-9-17-18(22(16)23)8-7-15-12-20(24)14(2)11-19(15)17/h11-12,16-18,22H,5-10,13,24H2,1-4H3/b25-21+. The summed E-state index contributed by atoms with van der Waals surface area (Å²) in [7, 11) is 2.03. The first kappa shape index (κ1) is 17.1. The van der Waals surface area contributed by atoms with Gasteiger partial charge in [0.25, 0.3) is 0 Å². The summed E-state index contributed by atoms with van der Waals surface area (Å²) in [5, 5.41) is 0. The van der Waals surface area contributed by atoms with Gasteiger partial charge in [0, 0.05) is 23.9 Å². The van der Waals surface area contributed by atoms with E-state index in [-0.39, 0.29) is 0 Å². The highest BCUT2D eigenvalue weighted by Gasteiger charge is 2.56. The van der Waals surface area contributed by atoms with Crippen LogP contribution in [-0.4, -0.2) is 12.8 Å². The van der Waals surface area contributed by atoms with Crippen molar-refractivity contribution in [1.29, 1.82) is 0 Å². The van der Waals surface area contributed by atoms with E-state index in [1.807, 2.05) is 7.05 Å². The molecule has 2 heteroatoms. The number of aliphatic imine (C=N–C) groups is 1. The number of nitrogens with zero attached hydrogens (tertiary/aromatic N) is 1. The molecule has 2 saturated carbocycles. The van der Waals surface area contributed by atoms with Crippen LogP contribution in [0.2, 0.25) is 0 Å². The van der Waals surface area contributed by atoms with Crippen LogP contribution in [-0.2, 0) is 6.42 Å². The summed E-state index contributed by atoms with van der Waals surface area (Å²) in [5.41, 5.74) is 13.5. The van der Waals surface area contributed by atoms with Crippen molar-refractivity contribution in [1.82, 2.24) is 0 Å². The van der Waals surface area contributed by atoms with Gasteiger partial charge >= 0.3 is 0 Å². The Kier molecular flexibility index (Phi) is 4.21. The minimum atomic E-state index is 0.357.